The molecule has 9 heteroatoms. The van der Waals surface area contributed by atoms with E-state index in [2.05, 4.69) is 15.4 Å². The van der Waals surface area contributed by atoms with Crippen LogP contribution >= 0.6 is 11.6 Å². The molecule has 0 amide bonds. The number of pyridine rings is 1. The molecule has 142 valence electrons. The Balaban J connectivity index is 1.79. The normalized spacial score (nSPS) is 18.5. The number of anilines is 2. The number of aromatic nitrogens is 3. The summed E-state index contributed by atoms with van der Waals surface area (Å²) in [6.45, 7) is 1.33. The molecule has 0 aliphatic carbocycles. The average Bonchev–Trinajstić information content (AvgIpc) is 3.03. The zero-order valence-corrected chi connectivity index (χ0v) is 16.3. The van der Waals surface area contributed by atoms with Crippen LogP contribution in [0.1, 0.15) is 18.9 Å². The molecule has 3 aromatic rings. The summed E-state index contributed by atoms with van der Waals surface area (Å²) in [4.78, 5) is 15.7. The van der Waals surface area contributed by atoms with Gasteiger partial charge >= 0.3 is 0 Å². The third-order valence-electron chi connectivity index (χ3n) is 4.62. The van der Waals surface area contributed by atoms with Crippen LogP contribution in [0.4, 0.5) is 11.5 Å². The quantitative estimate of drug-likeness (QED) is 0.694. The van der Waals surface area contributed by atoms with Crippen LogP contribution in [0.25, 0.3) is 10.9 Å². The van der Waals surface area contributed by atoms with Crippen LogP contribution < -0.4 is 10.9 Å². The maximum absolute atomic E-state index is 12.5. The Morgan fingerprint density at radius 3 is 3.00 bits per heavy atom. The highest BCUT2D eigenvalue weighted by molar-refractivity contribution is 7.84. The lowest BCUT2D eigenvalue weighted by Gasteiger charge is -2.23. The van der Waals surface area contributed by atoms with Crippen molar-refractivity contribution < 1.29 is 8.95 Å². The molecule has 0 radical (unpaired) electrons. The van der Waals surface area contributed by atoms with Gasteiger partial charge in [0.2, 0.25) is 0 Å². The van der Waals surface area contributed by atoms with Crippen LogP contribution in [0.15, 0.2) is 40.2 Å². The minimum absolute atomic E-state index is 0.0857. The predicted molar refractivity (Wildman–Crippen MR) is 107 cm³/mol. The summed E-state index contributed by atoms with van der Waals surface area (Å²) < 4.78 is 19.3. The monoisotopic (exact) mass is 406 g/mol. The number of hydrogen-bond donors (Lipinski definition) is 2. The molecule has 2 N–H and O–H groups in total. The third kappa shape index (κ3) is 3.52. The number of nitrogens with one attached hydrogen (secondary N) is 2. The number of aromatic amines is 1. The molecule has 7 nitrogen and oxygen atoms in total. The van der Waals surface area contributed by atoms with E-state index in [-0.39, 0.29) is 11.6 Å². The molecule has 4 rings (SSSR count). The van der Waals surface area contributed by atoms with Crippen molar-refractivity contribution in [2.24, 2.45) is 0 Å². The predicted octanol–water partition coefficient (Wildman–Crippen LogP) is 3.21. The van der Waals surface area contributed by atoms with E-state index >= 15 is 0 Å². The van der Waals surface area contributed by atoms with E-state index in [1.807, 2.05) is 10.7 Å². The molecule has 1 fully saturated rings. The van der Waals surface area contributed by atoms with Crippen molar-refractivity contribution in [3.63, 3.8) is 0 Å². The summed E-state index contributed by atoms with van der Waals surface area (Å²) in [7, 11) is -1.22. The lowest BCUT2D eigenvalue weighted by atomic mass is 10.1. The molecule has 1 aliphatic heterocycles. The van der Waals surface area contributed by atoms with Gasteiger partial charge in [0.05, 0.1) is 38.9 Å². The van der Waals surface area contributed by atoms with E-state index in [4.69, 9.17) is 16.3 Å². The minimum Gasteiger partial charge on any atom is -0.379 e. The fraction of sp³-hybridized carbons (Fsp3) is 0.333. The molecule has 1 unspecified atom stereocenters. The molecular formula is C18H19ClN4O3S. The second-order valence-electron chi connectivity index (χ2n) is 6.46. The van der Waals surface area contributed by atoms with Crippen molar-refractivity contribution in [3.8, 4) is 0 Å². The van der Waals surface area contributed by atoms with Crippen molar-refractivity contribution in [3.05, 3.63) is 45.8 Å². The number of halogens is 1. The topological polar surface area (TPSA) is 89.0 Å². The Morgan fingerprint density at radius 2 is 2.26 bits per heavy atom. The summed E-state index contributed by atoms with van der Waals surface area (Å²) in [5.41, 5.74) is 1.20. The second kappa shape index (κ2) is 7.46. The van der Waals surface area contributed by atoms with Crippen molar-refractivity contribution in [2.45, 2.75) is 23.8 Å². The zero-order valence-electron chi connectivity index (χ0n) is 14.7. The van der Waals surface area contributed by atoms with Crippen molar-refractivity contribution in [2.75, 3.05) is 24.8 Å². The number of rotatable bonds is 4. The Bertz CT molecular complexity index is 1070. The highest BCUT2D eigenvalue weighted by Gasteiger charge is 2.22. The first kappa shape index (κ1) is 18.2. The molecule has 2 atom stereocenters. The van der Waals surface area contributed by atoms with E-state index in [0.717, 1.165) is 25.0 Å². The van der Waals surface area contributed by atoms with E-state index in [1.54, 1.807) is 30.7 Å². The van der Waals surface area contributed by atoms with Gasteiger partial charge in [-0.1, -0.05) is 11.6 Å². The summed E-state index contributed by atoms with van der Waals surface area (Å²) in [5.74, 6) is 0.451. The number of ether oxygens (including phenoxy) is 1. The Kier molecular flexibility index (Phi) is 5.03. The Labute approximate surface area is 163 Å². The van der Waals surface area contributed by atoms with Crippen LogP contribution in [-0.4, -0.2) is 38.4 Å². The number of hydrogen-bond acceptors (Lipinski definition) is 5. The lowest BCUT2D eigenvalue weighted by Crippen LogP contribution is -2.22. The second-order valence-corrected chi connectivity index (χ2v) is 8.21. The van der Waals surface area contributed by atoms with Crippen molar-refractivity contribution in [1.82, 2.24) is 14.8 Å². The summed E-state index contributed by atoms with van der Waals surface area (Å²) in [6.07, 6.45) is 5.10. The van der Waals surface area contributed by atoms with Gasteiger partial charge in [-0.25, -0.2) is 0 Å². The molecule has 1 saturated heterocycles. The number of H-pyrrole nitrogens is 1. The molecule has 1 aromatic carbocycles. The molecule has 27 heavy (non-hydrogen) atoms. The van der Waals surface area contributed by atoms with Gasteiger partial charge in [0.25, 0.3) is 5.56 Å². The van der Waals surface area contributed by atoms with Crippen LogP contribution in [0, 0.1) is 0 Å². The van der Waals surface area contributed by atoms with Gasteiger partial charge in [0, 0.05) is 24.7 Å². The van der Waals surface area contributed by atoms with E-state index in [0.29, 0.717) is 33.4 Å². The van der Waals surface area contributed by atoms with Gasteiger partial charge in [-0.05, 0) is 37.1 Å². The zero-order chi connectivity index (χ0) is 19.0. The SMILES string of the molecule is CS(=O)c1cc(Nc2nn([C@@H]3CCCOC3)c3cc[nH]c(=O)c23)ccc1Cl. The van der Waals surface area contributed by atoms with Crippen LogP contribution in [0.5, 0.6) is 0 Å². The molecule has 3 heterocycles. The largest absolute Gasteiger partial charge is 0.379 e. The standard InChI is InChI=1S/C18H19ClN4O3S/c1-27(25)15-9-11(4-5-13(15)19)21-17-16-14(6-7-20-18(16)24)23(22-17)12-3-2-8-26-10-12/h4-7,9,12H,2-3,8,10H2,1H3,(H,20,24)(H,21,22)/t12-,27?/m1/s1. The highest BCUT2D eigenvalue weighted by Crippen LogP contribution is 2.30. The van der Waals surface area contributed by atoms with Gasteiger partial charge < -0.3 is 15.0 Å². The van der Waals surface area contributed by atoms with E-state index in [1.165, 1.54) is 0 Å². The molecule has 0 spiro atoms. The number of fused-ring (bicyclic) bond motifs is 1. The van der Waals surface area contributed by atoms with Gasteiger partial charge in [0.15, 0.2) is 5.82 Å². The van der Waals surface area contributed by atoms with Crippen LogP contribution in [0.3, 0.4) is 0 Å². The summed E-state index contributed by atoms with van der Waals surface area (Å²) in [5, 5.41) is 8.77. The highest BCUT2D eigenvalue weighted by atomic mass is 35.5. The van der Waals surface area contributed by atoms with Crippen molar-refractivity contribution in [1.29, 1.82) is 0 Å². The molecule has 0 saturated carbocycles. The van der Waals surface area contributed by atoms with Gasteiger partial charge in [0.1, 0.15) is 5.39 Å². The number of nitrogens with zero attached hydrogens (tertiary/aromatic N) is 2. The first-order valence-corrected chi connectivity index (χ1v) is 10.6. The first-order chi connectivity index (χ1) is 13.0. The first-order valence-electron chi connectivity index (χ1n) is 8.62. The van der Waals surface area contributed by atoms with Crippen LogP contribution in [-0.2, 0) is 15.5 Å². The van der Waals surface area contributed by atoms with Crippen molar-refractivity contribution >= 4 is 44.8 Å². The minimum atomic E-state index is -1.22. The number of benzene rings is 1. The fourth-order valence-corrected chi connectivity index (χ4v) is 4.40. The Morgan fingerprint density at radius 1 is 1.41 bits per heavy atom. The van der Waals surface area contributed by atoms with E-state index < -0.39 is 10.8 Å². The molecule has 2 aromatic heterocycles. The average molecular weight is 407 g/mol. The van der Waals surface area contributed by atoms with Crippen LogP contribution in [0.2, 0.25) is 5.02 Å². The van der Waals surface area contributed by atoms with Gasteiger partial charge in [-0.15, -0.1) is 0 Å². The van der Waals surface area contributed by atoms with E-state index in [9.17, 15) is 9.00 Å². The third-order valence-corrected chi connectivity index (χ3v) is 6.01. The molecule has 0 bridgehead atoms. The molecule has 1 aliphatic rings. The smallest absolute Gasteiger partial charge is 0.261 e. The van der Waals surface area contributed by atoms with Gasteiger partial charge in [-0.2, -0.15) is 5.10 Å². The maximum atomic E-state index is 12.5. The molecular weight excluding hydrogens is 388 g/mol. The Hall–Kier alpha value is -2.16. The maximum Gasteiger partial charge on any atom is 0.261 e. The lowest BCUT2D eigenvalue weighted by molar-refractivity contribution is 0.0566. The fourth-order valence-electron chi connectivity index (χ4n) is 3.32. The van der Waals surface area contributed by atoms with Gasteiger partial charge in [-0.3, -0.25) is 13.7 Å². The summed E-state index contributed by atoms with van der Waals surface area (Å²) in [6, 6.07) is 7.09. The summed E-state index contributed by atoms with van der Waals surface area (Å²) >= 11 is 6.11.